The number of aromatic nitrogens is 2. The number of amides is 1. The molecule has 0 unspecified atom stereocenters. The molecular weight excluding hydrogens is 302 g/mol. The molecule has 24 heavy (non-hydrogen) atoms. The SMILES string of the molecule is Cc1ccc(CC(=O)Nc2ccc(Oc3ncccn3)cc2)cc1. The minimum Gasteiger partial charge on any atom is -0.424 e. The fourth-order valence-corrected chi connectivity index (χ4v) is 2.15. The van der Waals surface area contributed by atoms with Gasteiger partial charge in [0, 0.05) is 18.1 Å². The van der Waals surface area contributed by atoms with Crippen LogP contribution in [-0.2, 0) is 11.2 Å². The first kappa shape index (κ1) is 15.7. The van der Waals surface area contributed by atoms with E-state index >= 15 is 0 Å². The molecule has 1 N–H and O–H groups in total. The third kappa shape index (κ3) is 4.39. The van der Waals surface area contributed by atoms with Crippen LogP contribution in [0.2, 0.25) is 0 Å². The standard InChI is InChI=1S/C19H17N3O2/c1-14-3-5-15(6-4-14)13-18(23)22-16-7-9-17(10-8-16)24-19-20-11-2-12-21-19/h2-12H,13H2,1H3,(H,22,23). The number of hydrogen-bond donors (Lipinski definition) is 1. The molecule has 1 aromatic heterocycles. The number of benzene rings is 2. The summed E-state index contributed by atoms with van der Waals surface area (Å²) in [6, 6.07) is 17.0. The normalized spacial score (nSPS) is 10.2. The van der Waals surface area contributed by atoms with E-state index in [2.05, 4.69) is 15.3 Å². The number of rotatable bonds is 5. The third-order valence-electron chi connectivity index (χ3n) is 3.37. The van der Waals surface area contributed by atoms with Crippen molar-refractivity contribution in [3.05, 3.63) is 78.1 Å². The van der Waals surface area contributed by atoms with Gasteiger partial charge in [0.1, 0.15) is 5.75 Å². The predicted molar refractivity (Wildman–Crippen MR) is 92.1 cm³/mol. The average Bonchev–Trinajstić information content (AvgIpc) is 2.60. The number of carbonyl (C=O) groups is 1. The van der Waals surface area contributed by atoms with Crippen LogP contribution in [0.3, 0.4) is 0 Å². The lowest BCUT2D eigenvalue weighted by Gasteiger charge is -2.07. The van der Waals surface area contributed by atoms with Gasteiger partial charge in [0.05, 0.1) is 6.42 Å². The molecule has 3 rings (SSSR count). The molecule has 0 aliphatic rings. The van der Waals surface area contributed by atoms with Crippen LogP contribution >= 0.6 is 0 Å². The number of aryl methyl sites for hydroxylation is 1. The fourth-order valence-electron chi connectivity index (χ4n) is 2.15. The molecular formula is C19H17N3O2. The first-order valence-corrected chi connectivity index (χ1v) is 7.59. The maximum Gasteiger partial charge on any atom is 0.321 e. The van der Waals surface area contributed by atoms with Crippen molar-refractivity contribution < 1.29 is 9.53 Å². The zero-order valence-electron chi connectivity index (χ0n) is 13.3. The Labute approximate surface area is 140 Å². The number of nitrogens with one attached hydrogen (secondary N) is 1. The molecule has 3 aromatic rings. The van der Waals surface area contributed by atoms with E-state index in [9.17, 15) is 4.79 Å². The highest BCUT2D eigenvalue weighted by molar-refractivity contribution is 5.92. The summed E-state index contributed by atoms with van der Waals surface area (Å²) < 4.78 is 5.51. The Bertz CT molecular complexity index is 800. The van der Waals surface area contributed by atoms with E-state index in [0.29, 0.717) is 17.9 Å². The maximum absolute atomic E-state index is 12.1. The van der Waals surface area contributed by atoms with Crippen molar-refractivity contribution in [1.82, 2.24) is 9.97 Å². The summed E-state index contributed by atoms with van der Waals surface area (Å²) in [4.78, 5) is 20.1. The molecule has 2 aromatic carbocycles. The van der Waals surface area contributed by atoms with E-state index < -0.39 is 0 Å². The van der Waals surface area contributed by atoms with Gasteiger partial charge in [-0.3, -0.25) is 4.79 Å². The molecule has 0 aliphatic heterocycles. The van der Waals surface area contributed by atoms with Crippen LogP contribution in [0.25, 0.3) is 0 Å². The van der Waals surface area contributed by atoms with Crippen LogP contribution < -0.4 is 10.1 Å². The minimum absolute atomic E-state index is 0.0566. The van der Waals surface area contributed by atoms with Gasteiger partial charge in [-0.25, -0.2) is 9.97 Å². The second-order valence-electron chi connectivity index (χ2n) is 5.37. The molecule has 0 radical (unpaired) electrons. The highest BCUT2D eigenvalue weighted by Gasteiger charge is 2.05. The molecule has 0 aliphatic carbocycles. The summed E-state index contributed by atoms with van der Waals surface area (Å²) in [5, 5.41) is 2.87. The predicted octanol–water partition coefficient (Wildman–Crippen LogP) is 3.76. The van der Waals surface area contributed by atoms with Crippen LogP contribution in [0, 0.1) is 6.92 Å². The van der Waals surface area contributed by atoms with Gasteiger partial charge in [-0.2, -0.15) is 0 Å². The average molecular weight is 319 g/mol. The van der Waals surface area contributed by atoms with Crippen molar-refractivity contribution in [2.75, 3.05) is 5.32 Å². The highest BCUT2D eigenvalue weighted by atomic mass is 16.5. The smallest absolute Gasteiger partial charge is 0.321 e. The Kier molecular flexibility index (Phi) is 4.81. The zero-order chi connectivity index (χ0) is 16.8. The number of hydrogen-bond acceptors (Lipinski definition) is 4. The largest absolute Gasteiger partial charge is 0.424 e. The van der Waals surface area contributed by atoms with Crippen LogP contribution in [0.1, 0.15) is 11.1 Å². The Balaban J connectivity index is 1.57. The number of carbonyl (C=O) groups excluding carboxylic acids is 1. The van der Waals surface area contributed by atoms with Gasteiger partial charge in [-0.05, 0) is 42.8 Å². The van der Waals surface area contributed by atoms with Gasteiger partial charge in [0.15, 0.2) is 0 Å². The topological polar surface area (TPSA) is 64.1 Å². The van der Waals surface area contributed by atoms with Crippen molar-refractivity contribution >= 4 is 11.6 Å². The second-order valence-corrected chi connectivity index (χ2v) is 5.37. The van der Waals surface area contributed by atoms with Crippen molar-refractivity contribution in [2.45, 2.75) is 13.3 Å². The Morgan fingerprint density at radius 1 is 1.00 bits per heavy atom. The maximum atomic E-state index is 12.1. The number of ether oxygens (including phenoxy) is 1. The molecule has 1 amide bonds. The van der Waals surface area contributed by atoms with Crippen LogP contribution in [0.15, 0.2) is 67.0 Å². The Hall–Kier alpha value is -3.21. The molecule has 0 fully saturated rings. The lowest BCUT2D eigenvalue weighted by molar-refractivity contribution is -0.115. The molecule has 0 saturated carbocycles. The summed E-state index contributed by atoms with van der Waals surface area (Å²) in [5.41, 5.74) is 2.88. The lowest BCUT2D eigenvalue weighted by atomic mass is 10.1. The van der Waals surface area contributed by atoms with E-state index in [0.717, 1.165) is 5.56 Å². The second kappa shape index (κ2) is 7.37. The monoisotopic (exact) mass is 319 g/mol. The molecule has 120 valence electrons. The van der Waals surface area contributed by atoms with Crippen molar-refractivity contribution in [2.24, 2.45) is 0 Å². The van der Waals surface area contributed by atoms with Gasteiger partial charge >= 0.3 is 6.01 Å². The van der Waals surface area contributed by atoms with Crippen molar-refractivity contribution in [3.8, 4) is 11.8 Å². The molecule has 0 saturated heterocycles. The Morgan fingerprint density at radius 3 is 2.33 bits per heavy atom. The molecule has 0 atom stereocenters. The lowest BCUT2D eigenvalue weighted by Crippen LogP contribution is -2.14. The summed E-state index contributed by atoms with van der Waals surface area (Å²) in [6.45, 7) is 2.02. The van der Waals surface area contributed by atoms with Crippen LogP contribution in [-0.4, -0.2) is 15.9 Å². The molecule has 0 bridgehead atoms. The molecule has 0 spiro atoms. The van der Waals surface area contributed by atoms with Gasteiger partial charge in [-0.15, -0.1) is 0 Å². The van der Waals surface area contributed by atoms with Gasteiger partial charge < -0.3 is 10.1 Å². The first-order chi connectivity index (χ1) is 11.7. The van der Waals surface area contributed by atoms with Crippen molar-refractivity contribution in [1.29, 1.82) is 0 Å². The van der Waals surface area contributed by atoms with Crippen molar-refractivity contribution in [3.63, 3.8) is 0 Å². The fraction of sp³-hybridized carbons (Fsp3) is 0.105. The van der Waals surface area contributed by atoms with Gasteiger partial charge in [0.25, 0.3) is 0 Å². The van der Waals surface area contributed by atoms with E-state index in [1.807, 2.05) is 31.2 Å². The summed E-state index contributed by atoms with van der Waals surface area (Å²) in [6.07, 6.45) is 3.57. The summed E-state index contributed by atoms with van der Waals surface area (Å²) in [5.74, 6) is 0.552. The summed E-state index contributed by atoms with van der Waals surface area (Å²) >= 11 is 0. The first-order valence-electron chi connectivity index (χ1n) is 7.59. The zero-order valence-corrected chi connectivity index (χ0v) is 13.3. The third-order valence-corrected chi connectivity index (χ3v) is 3.37. The van der Waals surface area contributed by atoms with E-state index in [4.69, 9.17) is 4.74 Å². The number of nitrogens with zero attached hydrogens (tertiary/aromatic N) is 2. The van der Waals surface area contributed by atoms with E-state index in [1.54, 1.807) is 42.7 Å². The molecule has 5 heteroatoms. The Morgan fingerprint density at radius 2 is 1.67 bits per heavy atom. The van der Waals surface area contributed by atoms with Crippen LogP contribution in [0.5, 0.6) is 11.8 Å². The molecule has 5 nitrogen and oxygen atoms in total. The van der Waals surface area contributed by atoms with E-state index in [-0.39, 0.29) is 11.9 Å². The van der Waals surface area contributed by atoms with E-state index in [1.165, 1.54) is 5.56 Å². The summed E-state index contributed by atoms with van der Waals surface area (Å²) in [7, 11) is 0. The molecule has 1 heterocycles. The number of anilines is 1. The quantitative estimate of drug-likeness (QED) is 0.778. The van der Waals surface area contributed by atoms with Gasteiger partial charge in [-0.1, -0.05) is 29.8 Å². The van der Waals surface area contributed by atoms with Crippen LogP contribution in [0.4, 0.5) is 5.69 Å². The highest BCUT2D eigenvalue weighted by Crippen LogP contribution is 2.20. The van der Waals surface area contributed by atoms with Gasteiger partial charge in [0.2, 0.25) is 5.91 Å². The minimum atomic E-state index is -0.0566.